The van der Waals surface area contributed by atoms with Crippen LogP contribution in [-0.4, -0.2) is 65.1 Å². The highest BCUT2D eigenvalue weighted by Crippen LogP contribution is 2.22. The van der Waals surface area contributed by atoms with E-state index in [0.717, 1.165) is 18.4 Å². The van der Waals surface area contributed by atoms with E-state index in [2.05, 4.69) is 18.2 Å². The number of benzene rings is 2. The van der Waals surface area contributed by atoms with Crippen LogP contribution in [0, 0.1) is 12.8 Å². The molecule has 2 saturated heterocycles. The maximum Gasteiger partial charge on any atom is 0.242 e. The zero-order chi connectivity index (χ0) is 23.2. The van der Waals surface area contributed by atoms with Gasteiger partial charge in [-0.05, 0) is 37.3 Å². The van der Waals surface area contributed by atoms with Crippen LogP contribution in [0.15, 0.2) is 54.6 Å². The van der Waals surface area contributed by atoms with Crippen molar-refractivity contribution in [3.63, 3.8) is 0 Å². The Balaban J connectivity index is 1.27. The first-order valence-electron chi connectivity index (χ1n) is 11.9. The minimum Gasteiger partial charge on any atom is -0.342 e. The number of hydrogen-bond acceptors (Lipinski definition) is 3. The fourth-order valence-corrected chi connectivity index (χ4v) is 4.80. The van der Waals surface area contributed by atoms with Gasteiger partial charge >= 0.3 is 0 Å². The Morgan fingerprint density at radius 2 is 1.73 bits per heavy atom. The fraction of sp³-hybridized carbons (Fsp3) is 0.444. The molecule has 0 bridgehead atoms. The summed E-state index contributed by atoms with van der Waals surface area (Å²) in [5.41, 5.74) is 3.55. The average molecular weight is 448 g/mol. The molecule has 0 radical (unpaired) electrons. The molecule has 2 aromatic rings. The van der Waals surface area contributed by atoms with E-state index in [1.165, 1.54) is 11.1 Å². The standard InChI is InChI=1S/C27H33N3O3/c1-21-7-5-10-23(17-21)18-29-15-16-30(20-26(29)32)27(33)24-12-13-25(31)28(19-24)14-6-11-22-8-3-2-4-9-22/h2-5,7-10,17,24H,6,11-16,18-20H2,1H3. The first-order valence-corrected chi connectivity index (χ1v) is 11.9. The zero-order valence-corrected chi connectivity index (χ0v) is 19.4. The van der Waals surface area contributed by atoms with Crippen LogP contribution >= 0.6 is 0 Å². The molecule has 0 N–H and O–H groups in total. The van der Waals surface area contributed by atoms with Crippen LogP contribution in [0.25, 0.3) is 0 Å². The van der Waals surface area contributed by atoms with Crippen LogP contribution in [0.5, 0.6) is 0 Å². The van der Waals surface area contributed by atoms with Crippen LogP contribution in [0.1, 0.15) is 36.0 Å². The molecule has 1 atom stereocenters. The molecular weight excluding hydrogens is 414 g/mol. The Kier molecular flexibility index (Phi) is 7.43. The molecule has 2 fully saturated rings. The molecule has 6 heteroatoms. The number of amides is 3. The van der Waals surface area contributed by atoms with E-state index in [4.69, 9.17) is 0 Å². The summed E-state index contributed by atoms with van der Waals surface area (Å²) in [5.74, 6) is -0.0801. The molecule has 3 amide bonds. The first-order chi connectivity index (χ1) is 16.0. The Labute approximate surface area is 196 Å². The van der Waals surface area contributed by atoms with E-state index in [9.17, 15) is 14.4 Å². The van der Waals surface area contributed by atoms with E-state index < -0.39 is 0 Å². The molecule has 0 aromatic heterocycles. The monoisotopic (exact) mass is 447 g/mol. The van der Waals surface area contributed by atoms with Crippen molar-refractivity contribution < 1.29 is 14.4 Å². The summed E-state index contributed by atoms with van der Waals surface area (Å²) in [7, 11) is 0. The van der Waals surface area contributed by atoms with Crippen LogP contribution < -0.4 is 0 Å². The molecule has 174 valence electrons. The number of hydrogen-bond donors (Lipinski definition) is 0. The fourth-order valence-electron chi connectivity index (χ4n) is 4.80. The van der Waals surface area contributed by atoms with Crippen molar-refractivity contribution in [2.75, 3.05) is 32.7 Å². The third-order valence-corrected chi connectivity index (χ3v) is 6.67. The summed E-state index contributed by atoms with van der Waals surface area (Å²) in [6, 6.07) is 18.4. The van der Waals surface area contributed by atoms with Gasteiger partial charge in [-0.1, -0.05) is 60.2 Å². The summed E-state index contributed by atoms with van der Waals surface area (Å²) in [4.78, 5) is 43.7. The van der Waals surface area contributed by atoms with Gasteiger partial charge < -0.3 is 14.7 Å². The third kappa shape index (κ3) is 6.01. The lowest BCUT2D eigenvalue weighted by molar-refractivity contribution is -0.151. The van der Waals surface area contributed by atoms with Crippen molar-refractivity contribution in [1.29, 1.82) is 0 Å². The highest BCUT2D eigenvalue weighted by Gasteiger charge is 2.35. The van der Waals surface area contributed by atoms with E-state index in [-0.39, 0.29) is 30.2 Å². The van der Waals surface area contributed by atoms with Gasteiger partial charge in [0.05, 0.1) is 12.5 Å². The molecule has 4 rings (SSSR count). The van der Waals surface area contributed by atoms with E-state index in [0.29, 0.717) is 45.6 Å². The van der Waals surface area contributed by atoms with Gasteiger partial charge in [-0.3, -0.25) is 14.4 Å². The molecule has 6 nitrogen and oxygen atoms in total. The minimum atomic E-state index is -0.212. The number of piperidine rings is 1. The highest BCUT2D eigenvalue weighted by molar-refractivity contribution is 5.88. The summed E-state index contributed by atoms with van der Waals surface area (Å²) in [6.07, 6.45) is 2.78. The van der Waals surface area contributed by atoms with Crippen molar-refractivity contribution in [3.8, 4) is 0 Å². The van der Waals surface area contributed by atoms with E-state index in [1.54, 1.807) is 4.90 Å². The van der Waals surface area contributed by atoms with Crippen molar-refractivity contribution in [2.45, 2.75) is 39.2 Å². The Morgan fingerprint density at radius 1 is 0.939 bits per heavy atom. The zero-order valence-electron chi connectivity index (χ0n) is 19.4. The molecule has 2 heterocycles. The molecule has 0 spiro atoms. The van der Waals surface area contributed by atoms with Gasteiger partial charge in [-0.25, -0.2) is 0 Å². The maximum atomic E-state index is 13.2. The van der Waals surface area contributed by atoms with Gasteiger partial charge in [0.2, 0.25) is 17.7 Å². The molecular formula is C27H33N3O3. The SMILES string of the molecule is Cc1cccc(CN2CCN(C(=O)C3CCC(=O)N(CCCc4ccccc4)C3)CC2=O)c1. The smallest absolute Gasteiger partial charge is 0.242 e. The quantitative estimate of drug-likeness (QED) is 0.656. The van der Waals surface area contributed by atoms with Gasteiger partial charge in [-0.15, -0.1) is 0 Å². The van der Waals surface area contributed by atoms with Crippen molar-refractivity contribution >= 4 is 17.7 Å². The second kappa shape index (κ2) is 10.6. The molecule has 0 aliphatic carbocycles. The number of likely N-dealkylation sites (tertiary alicyclic amines) is 1. The predicted molar refractivity (Wildman–Crippen MR) is 127 cm³/mol. The molecule has 2 aliphatic heterocycles. The van der Waals surface area contributed by atoms with Gasteiger partial charge in [0.1, 0.15) is 0 Å². The topological polar surface area (TPSA) is 60.9 Å². The average Bonchev–Trinajstić information content (AvgIpc) is 2.82. The van der Waals surface area contributed by atoms with Crippen LogP contribution in [0.3, 0.4) is 0 Å². The second-order valence-electron chi connectivity index (χ2n) is 9.23. The lowest BCUT2D eigenvalue weighted by atomic mass is 9.95. The summed E-state index contributed by atoms with van der Waals surface area (Å²) >= 11 is 0. The van der Waals surface area contributed by atoms with Crippen molar-refractivity contribution in [1.82, 2.24) is 14.7 Å². The van der Waals surface area contributed by atoms with Gasteiger partial charge in [0.25, 0.3) is 0 Å². The Hall–Kier alpha value is -3.15. The highest BCUT2D eigenvalue weighted by atomic mass is 16.2. The second-order valence-corrected chi connectivity index (χ2v) is 9.23. The van der Waals surface area contributed by atoms with Crippen molar-refractivity contribution in [3.05, 3.63) is 71.3 Å². The predicted octanol–water partition coefficient (Wildman–Crippen LogP) is 3.04. The van der Waals surface area contributed by atoms with E-state index >= 15 is 0 Å². The molecule has 1 unspecified atom stereocenters. The molecule has 2 aromatic carbocycles. The number of carbonyl (C=O) groups excluding carboxylic acids is 3. The van der Waals surface area contributed by atoms with Crippen LogP contribution in [0.2, 0.25) is 0 Å². The summed E-state index contributed by atoms with van der Waals surface area (Å²) < 4.78 is 0. The number of aryl methyl sites for hydroxylation is 2. The number of rotatable bonds is 7. The normalized spacial score (nSPS) is 19.2. The Bertz CT molecular complexity index is 991. The van der Waals surface area contributed by atoms with E-state index in [1.807, 2.05) is 53.1 Å². The lowest BCUT2D eigenvalue weighted by Gasteiger charge is -2.38. The number of nitrogens with zero attached hydrogens (tertiary/aromatic N) is 3. The number of piperazine rings is 1. The molecule has 2 aliphatic rings. The lowest BCUT2D eigenvalue weighted by Crippen LogP contribution is -2.55. The first kappa shape index (κ1) is 23.0. The molecule has 33 heavy (non-hydrogen) atoms. The third-order valence-electron chi connectivity index (χ3n) is 6.67. The maximum absolute atomic E-state index is 13.2. The summed E-state index contributed by atoms with van der Waals surface area (Å²) in [6.45, 7) is 4.98. The number of carbonyl (C=O) groups is 3. The van der Waals surface area contributed by atoms with Crippen LogP contribution in [-0.2, 0) is 27.3 Å². The summed E-state index contributed by atoms with van der Waals surface area (Å²) in [5, 5.41) is 0. The van der Waals surface area contributed by atoms with Gasteiger partial charge in [0, 0.05) is 39.1 Å². The van der Waals surface area contributed by atoms with Crippen LogP contribution in [0.4, 0.5) is 0 Å². The van der Waals surface area contributed by atoms with Gasteiger partial charge in [-0.2, -0.15) is 0 Å². The van der Waals surface area contributed by atoms with Crippen molar-refractivity contribution in [2.24, 2.45) is 5.92 Å². The minimum absolute atomic E-state index is 0.0114. The van der Waals surface area contributed by atoms with Gasteiger partial charge in [0.15, 0.2) is 0 Å². The Morgan fingerprint density at radius 3 is 2.48 bits per heavy atom. The largest absolute Gasteiger partial charge is 0.342 e. The molecule has 0 saturated carbocycles.